The first-order valence-corrected chi connectivity index (χ1v) is 6.75. The number of rotatable bonds is 5. The third kappa shape index (κ3) is 4.63. The van der Waals surface area contributed by atoms with Crippen molar-refractivity contribution in [3.05, 3.63) is 60.4 Å². The number of anilines is 2. The smallest absolute Gasteiger partial charge is 0.279 e. The molecule has 0 aliphatic heterocycles. The zero-order valence-electron chi connectivity index (χ0n) is 12.3. The lowest BCUT2D eigenvalue weighted by atomic mass is 10.2. The highest BCUT2D eigenvalue weighted by Crippen LogP contribution is 2.08. The van der Waals surface area contributed by atoms with E-state index in [1.807, 2.05) is 6.07 Å². The lowest BCUT2D eigenvalue weighted by molar-refractivity contribution is -0.110. The lowest BCUT2D eigenvalue weighted by Crippen LogP contribution is -2.29. The van der Waals surface area contributed by atoms with Crippen LogP contribution in [0.2, 0.25) is 0 Å². The number of hydrogen-bond donors (Lipinski definition) is 3. The van der Waals surface area contributed by atoms with E-state index in [0.717, 1.165) is 0 Å². The van der Waals surface area contributed by atoms with Crippen LogP contribution in [0.1, 0.15) is 6.92 Å². The van der Waals surface area contributed by atoms with E-state index in [9.17, 15) is 9.18 Å². The van der Waals surface area contributed by atoms with E-state index in [0.29, 0.717) is 11.4 Å². The van der Waals surface area contributed by atoms with Crippen molar-refractivity contribution in [1.82, 2.24) is 0 Å². The highest BCUT2D eigenvalue weighted by molar-refractivity contribution is 6.68. The molecule has 2 rings (SSSR count). The molecule has 7 heteroatoms. The number of carbonyl (C=O) groups is 1. The summed E-state index contributed by atoms with van der Waals surface area (Å²) in [5.74, 6) is -0.961. The summed E-state index contributed by atoms with van der Waals surface area (Å²) in [6, 6.07) is 14.3. The number of amides is 1. The fraction of sp³-hybridized carbons (Fsp3) is 0.0625. The summed E-state index contributed by atoms with van der Waals surface area (Å²) in [7, 11) is 0. The molecule has 0 saturated carbocycles. The minimum atomic E-state index is -0.596. The molecule has 0 bridgehead atoms. The predicted octanol–water partition coefficient (Wildman–Crippen LogP) is 3.08. The van der Waals surface area contributed by atoms with Gasteiger partial charge >= 0.3 is 0 Å². The van der Waals surface area contributed by atoms with E-state index in [1.54, 1.807) is 24.3 Å². The second-order valence-electron chi connectivity index (χ2n) is 4.58. The van der Waals surface area contributed by atoms with Crippen LogP contribution in [0.4, 0.5) is 15.8 Å². The summed E-state index contributed by atoms with van der Waals surface area (Å²) in [4.78, 5) is 12.1. The van der Waals surface area contributed by atoms with E-state index in [2.05, 4.69) is 21.0 Å². The third-order valence-corrected chi connectivity index (χ3v) is 2.89. The van der Waals surface area contributed by atoms with Crippen molar-refractivity contribution in [2.75, 3.05) is 10.7 Å². The molecule has 0 aliphatic carbocycles. The Morgan fingerprint density at radius 1 is 1.04 bits per heavy atom. The van der Waals surface area contributed by atoms with Gasteiger partial charge < -0.3 is 10.5 Å². The molecule has 0 aliphatic rings. The molecule has 0 heterocycles. The number of nitrogens with one attached hydrogen (secondary N) is 2. The highest BCUT2D eigenvalue weighted by Gasteiger charge is 2.16. The summed E-state index contributed by atoms with van der Waals surface area (Å²) in [5.41, 5.74) is 3.69. The number of hydrogen-bond acceptors (Lipinski definition) is 5. The second kappa shape index (κ2) is 7.69. The van der Waals surface area contributed by atoms with E-state index < -0.39 is 5.91 Å². The molecular weight excluding hydrogens is 299 g/mol. The van der Waals surface area contributed by atoms with Gasteiger partial charge in [0.15, 0.2) is 5.71 Å². The van der Waals surface area contributed by atoms with Crippen LogP contribution in [-0.2, 0) is 4.79 Å². The third-order valence-electron chi connectivity index (χ3n) is 2.89. The molecular formula is C16H15FN4O2. The largest absolute Gasteiger partial charge is 0.410 e. The molecule has 0 atom stereocenters. The summed E-state index contributed by atoms with van der Waals surface area (Å²) >= 11 is 0. The molecule has 0 aromatic heterocycles. The van der Waals surface area contributed by atoms with Gasteiger partial charge in [-0.15, -0.1) is 0 Å². The minimum Gasteiger partial charge on any atom is -0.410 e. The Hall–Kier alpha value is -3.22. The van der Waals surface area contributed by atoms with Crippen LogP contribution in [0.3, 0.4) is 0 Å². The average Bonchev–Trinajstić information content (AvgIpc) is 2.56. The van der Waals surface area contributed by atoms with Crippen molar-refractivity contribution in [2.24, 2.45) is 10.3 Å². The number of halogens is 1. The normalized spacial score (nSPS) is 11.9. The van der Waals surface area contributed by atoms with Crippen LogP contribution in [0.15, 0.2) is 64.9 Å². The molecule has 118 valence electrons. The zero-order valence-corrected chi connectivity index (χ0v) is 12.3. The Morgan fingerprint density at radius 3 is 2.30 bits per heavy atom. The first-order chi connectivity index (χ1) is 11.1. The first-order valence-electron chi connectivity index (χ1n) is 6.75. The van der Waals surface area contributed by atoms with Gasteiger partial charge in [-0.2, -0.15) is 5.10 Å². The molecule has 23 heavy (non-hydrogen) atoms. The molecule has 0 unspecified atom stereocenters. The molecule has 2 aromatic rings. The topological polar surface area (TPSA) is 86.1 Å². The maximum atomic E-state index is 12.8. The van der Waals surface area contributed by atoms with Gasteiger partial charge in [-0.3, -0.25) is 10.2 Å². The molecule has 1 amide bonds. The van der Waals surface area contributed by atoms with Gasteiger partial charge in [0.2, 0.25) is 0 Å². The Kier molecular flexibility index (Phi) is 5.40. The Balaban J connectivity index is 2.05. The predicted molar refractivity (Wildman–Crippen MR) is 87.4 cm³/mol. The van der Waals surface area contributed by atoms with E-state index in [1.165, 1.54) is 31.2 Å². The SMILES string of the molecule is CC(=N/Nc1ccc(F)cc1)/C(=N\O)C(=O)Nc1ccccc1. The Morgan fingerprint density at radius 2 is 1.70 bits per heavy atom. The van der Waals surface area contributed by atoms with Crippen molar-refractivity contribution >= 4 is 28.7 Å². The van der Waals surface area contributed by atoms with Crippen molar-refractivity contribution < 1.29 is 14.4 Å². The fourth-order valence-corrected chi connectivity index (χ4v) is 1.72. The van der Waals surface area contributed by atoms with Gasteiger partial charge in [0.1, 0.15) is 5.82 Å². The van der Waals surface area contributed by atoms with Crippen LogP contribution < -0.4 is 10.7 Å². The summed E-state index contributed by atoms with van der Waals surface area (Å²) < 4.78 is 12.8. The Labute approximate surface area is 132 Å². The molecule has 0 spiro atoms. The number of carbonyl (C=O) groups excluding carboxylic acids is 1. The highest BCUT2D eigenvalue weighted by atomic mass is 19.1. The van der Waals surface area contributed by atoms with Gasteiger partial charge in [0.05, 0.1) is 11.4 Å². The van der Waals surface area contributed by atoms with Crippen LogP contribution in [0.5, 0.6) is 0 Å². The van der Waals surface area contributed by atoms with Crippen LogP contribution in [0.25, 0.3) is 0 Å². The fourth-order valence-electron chi connectivity index (χ4n) is 1.72. The van der Waals surface area contributed by atoms with Gasteiger partial charge in [-0.25, -0.2) is 4.39 Å². The number of benzene rings is 2. The summed E-state index contributed by atoms with van der Waals surface area (Å²) in [5, 5.41) is 18.6. The standard InChI is InChI=1S/C16H15FN4O2/c1-11(19-20-14-9-7-12(17)8-10-14)15(21-23)16(22)18-13-5-3-2-4-6-13/h2-10,20,23H,1H3,(H,18,22)/b19-11-,21-15+. The molecule has 6 nitrogen and oxygen atoms in total. The van der Waals surface area contributed by atoms with Crippen molar-refractivity contribution in [3.63, 3.8) is 0 Å². The minimum absolute atomic E-state index is 0.172. The summed E-state index contributed by atoms with van der Waals surface area (Å²) in [6.45, 7) is 1.51. The van der Waals surface area contributed by atoms with Crippen LogP contribution in [0, 0.1) is 5.82 Å². The van der Waals surface area contributed by atoms with Crippen molar-refractivity contribution in [1.29, 1.82) is 0 Å². The number of hydrazone groups is 1. The van der Waals surface area contributed by atoms with E-state index in [4.69, 9.17) is 5.21 Å². The van der Waals surface area contributed by atoms with Gasteiger partial charge in [-0.05, 0) is 43.3 Å². The maximum Gasteiger partial charge on any atom is 0.279 e. The molecule has 0 radical (unpaired) electrons. The zero-order chi connectivity index (χ0) is 16.7. The van der Waals surface area contributed by atoms with Gasteiger partial charge in [-0.1, -0.05) is 23.4 Å². The quantitative estimate of drug-likeness (QED) is 0.450. The first kappa shape index (κ1) is 16.2. The number of nitrogens with zero attached hydrogens (tertiary/aromatic N) is 2. The van der Waals surface area contributed by atoms with Gasteiger partial charge in [0, 0.05) is 5.69 Å². The Bertz CT molecular complexity index is 728. The number of para-hydroxylation sites is 1. The lowest BCUT2D eigenvalue weighted by Gasteiger charge is -2.07. The van der Waals surface area contributed by atoms with Crippen LogP contribution in [-0.4, -0.2) is 22.5 Å². The average molecular weight is 314 g/mol. The van der Waals surface area contributed by atoms with Crippen LogP contribution >= 0.6 is 0 Å². The van der Waals surface area contributed by atoms with Gasteiger partial charge in [0.25, 0.3) is 5.91 Å². The maximum absolute atomic E-state index is 12.8. The summed E-state index contributed by atoms with van der Waals surface area (Å²) in [6.07, 6.45) is 0. The second-order valence-corrected chi connectivity index (χ2v) is 4.58. The number of oxime groups is 1. The molecule has 0 fully saturated rings. The molecule has 0 saturated heterocycles. The van der Waals surface area contributed by atoms with Crippen molar-refractivity contribution in [2.45, 2.75) is 6.92 Å². The van der Waals surface area contributed by atoms with Crippen molar-refractivity contribution in [3.8, 4) is 0 Å². The molecule has 2 aromatic carbocycles. The monoisotopic (exact) mass is 314 g/mol. The van der Waals surface area contributed by atoms with E-state index in [-0.39, 0.29) is 17.2 Å². The van der Waals surface area contributed by atoms with E-state index >= 15 is 0 Å². The molecule has 3 N–H and O–H groups in total.